The van der Waals surface area contributed by atoms with E-state index in [1.807, 2.05) is 23.9 Å². The van der Waals surface area contributed by atoms with Crippen LogP contribution < -0.4 is 0 Å². The minimum absolute atomic E-state index is 0.309. The topological polar surface area (TPSA) is 20.2 Å². The molecule has 1 heterocycles. The Labute approximate surface area is 89.5 Å². The van der Waals surface area contributed by atoms with Crippen molar-refractivity contribution in [3.8, 4) is 0 Å². The fourth-order valence-corrected chi connectivity index (χ4v) is 3.45. The normalized spacial score (nSPS) is 32.1. The molecule has 1 saturated heterocycles. The zero-order valence-corrected chi connectivity index (χ0v) is 9.47. The third-order valence-corrected chi connectivity index (χ3v) is 4.46. The van der Waals surface area contributed by atoms with E-state index < -0.39 is 5.60 Å². The van der Waals surface area contributed by atoms with Crippen molar-refractivity contribution in [3.63, 3.8) is 0 Å². The summed E-state index contributed by atoms with van der Waals surface area (Å²) in [6, 6.07) is 8.16. The second-order valence-corrected chi connectivity index (χ2v) is 5.45. The molecule has 76 valence electrons. The van der Waals surface area contributed by atoms with Crippen molar-refractivity contribution >= 4 is 11.8 Å². The Hall–Kier alpha value is -0.470. The van der Waals surface area contributed by atoms with Crippen LogP contribution in [0.25, 0.3) is 0 Å². The van der Waals surface area contributed by atoms with Gasteiger partial charge in [-0.05, 0) is 30.2 Å². The van der Waals surface area contributed by atoms with Gasteiger partial charge in [0.15, 0.2) is 0 Å². The molecule has 1 aromatic carbocycles. The van der Waals surface area contributed by atoms with Crippen LogP contribution in [0.2, 0.25) is 0 Å². The van der Waals surface area contributed by atoms with E-state index in [9.17, 15) is 5.11 Å². The zero-order valence-electron chi connectivity index (χ0n) is 8.66. The van der Waals surface area contributed by atoms with Gasteiger partial charge in [0.1, 0.15) is 5.60 Å². The van der Waals surface area contributed by atoms with Crippen molar-refractivity contribution in [2.24, 2.45) is 0 Å². The summed E-state index contributed by atoms with van der Waals surface area (Å²) in [7, 11) is 0. The smallest absolute Gasteiger partial charge is 0.102 e. The molecule has 0 aromatic heterocycles. The van der Waals surface area contributed by atoms with Crippen LogP contribution in [0.15, 0.2) is 24.3 Å². The largest absolute Gasteiger partial charge is 0.384 e. The number of hydrogen-bond donors (Lipinski definition) is 1. The molecule has 2 heteroatoms. The molecule has 1 N–H and O–H groups in total. The van der Waals surface area contributed by atoms with Gasteiger partial charge in [-0.25, -0.2) is 0 Å². The fourth-order valence-electron chi connectivity index (χ4n) is 2.14. The van der Waals surface area contributed by atoms with Crippen molar-refractivity contribution in [3.05, 3.63) is 35.4 Å². The standard InChI is InChI=1S/C12H16OS/c1-9-5-3-4-6-11(9)12(13)7-8-14-10(12)2/h3-6,10,13H,7-8H2,1-2H3. The summed E-state index contributed by atoms with van der Waals surface area (Å²) < 4.78 is 0. The Balaban J connectivity index is 2.43. The van der Waals surface area contributed by atoms with Crippen LogP contribution in [-0.4, -0.2) is 16.1 Å². The summed E-state index contributed by atoms with van der Waals surface area (Å²) in [5.41, 5.74) is 1.71. The van der Waals surface area contributed by atoms with Gasteiger partial charge in [0.25, 0.3) is 0 Å². The molecule has 2 unspecified atom stereocenters. The molecule has 1 aromatic rings. The highest BCUT2D eigenvalue weighted by atomic mass is 32.2. The second kappa shape index (κ2) is 3.59. The first-order chi connectivity index (χ1) is 6.64. The first-order valence-corrected chi connectivity index (χ1v) is 6.09. The lowest BCUT2D eigenvalue weighted by molar-refractivity contribution is 0.0421. The minimum Gasteiger partial charge on any atom is -0.384 e. The molecule has 0 aliphatic carbocycles. The van der Waals surface area contributed by atoms with Gasteiger partial charge in [-0.2, -0.15) is 11.8 Å². The summed E-state index contributed by atoms with van der Waals surface area (Å²) in [6.07, 6.45) is 0.879. The summed E-state index contributed by atoms with van der Waals surface area (Å²) >= 11 is 1.86. The second-order valence-electron chi connectivity index (χ2n) is 4.00. The molecular formula is C12H16OS. The van der Waals surface area contributed by atoms with Crippen LogP contribution in [0.3, 0.4) is 0 Å². The molecule has 14 heavy (non-hydrogen) atoms. The molecule has 2 atom stereocenters. The number of aryl methyl sites for hydroxylation is 1. The van der Waals surface area contributed by atoms with E-state index in [-0.39, 0.29) is 0 Å². The molecule has 0 saturated carbocycles. The molecular weight excluding hydrogens is 192 g/mol. The highest BCUT2D eigenvalue weighted by Gasteiger charge is 2.41. The lowest BCUT2D eigenvalue weighted by Crippen LogP contribution is -2.32. The lowest BCUT2D eigenvalue weighted by atomic mass is 9.86. The zero-order chi connectivity index (χ0) is 10.2. The highest BCUT2D eigenvalue weighted by Crippen LogP contribution is 2.43. The van der Waals surface area contributed by atoms with E-state index >= 15 is 0 Å². The van der Waals surface area contributed by atoms with Gasteiger partial charge >= 0.3 is 0 Å². The summed E-state index contributed by atoms with van der Waals surface area (Å²) in [6.45, 7) is 4.19. The number of rotatable bonds is 1. The van der Waals surface area contributed by atoms with E-state index in [1.165, 1.54) is 5.56 Å². The molecule has 2 rings (SSSR count). The van der Waals surface area contributed by atoms with Crippen molar-refractivity contribution in [2.75, 3.05) is 5.75 Å². The van der Waals surface area contributed by atoms with Gasteiger partial charge in [-0.3, -0.25) is 0 Å². The maximum atomic E-state index is 10.6. The van der Waals surface area contributed by atoms with Gasteiger partial charge in [-0.1, -0.05) is 31.2 Å². The Kier molecular flexibility index (Phi) is 2.58. The fraction of sp³-hybridized carbons (Fsp3) is 0.500. The Morgan fingerprint density at radius 2 is 2.14 bits per heavy atom. The SMILES string of the molecule is Cc1ccccc1C1(O)CCSC1C. The maximum Gasteiger partial charge on any atom is 0.102 e. The Morgan fingerprint density at radius 1 is 1.43 bits per heavy atom. The molecule has 1 aliphatic heterocycles. The van der Waals surface area contributed by atoms with Crippen LogP contribution in [0, 0.1) is 6.92 Å². The van der Waals surface area contributed by atoms with Crippen molar-refractivity contribution in [1.82, 2.24) is 0 Å². The number of aliphatic hydroxyl groups is 1. The number of benzene rings is 1. The monoisotopic (exact) mass is 208 g/mol. The molecule has 0 amide bonds. The average Bonchev–Trinajstić information content (AvgIpc) is 2.49. The minimum atomic E-state index is -0.601. The Morgan fingerprint density at radius 3 is 2.71 bits per heavy atom. The van der Waals surface area contributed by atoms with Crippen LogP contribution >= 0.6 is 11.8 Å². The molecule has 0 bridgehead atoms. The maximum absolute atomic E-state index is 10.6. The third kappa shape index (κ3) is 1.47. The quantitative estimate of drug-likeness (QED) is 0.765. The van der Waals surface area contributed by atoms with E-state index in [4.69, 9.17) is 0 Å². The predicted octanol–water partition coefficient (Wildman–Crippen LogP) is 2.71. The third-order valence-electron chi connectivity index (χ3n) is 3.14. The number of thioether (sulfide) groups is 1. The molecule has 0 radical (unpaired) electrons. The van der Waals surface area contributed by atoms with Crippen LogP contribution in [0.1, 0.15) is 24.5 Å². The summed E-state index contributed by atoms with van der Waals surface area (Å²) in [5, 5.41) is 10.9. The predicted molar refractivity (Wildman–Crippen MR) is 61.6 cm³/mol. The summed E-state index contributed by atoms with van der Waals surface area (Å²) in [4.78, 5) is 0. The van der Waals surface area contributed by atoms with Crippen LogP contribution in [0.4, 0.5) is 0 Å². The van der Waals surface area contributed by atoms with E-state index in [1.54, 1.807) is 0 Å². The number of hydrogen-bond acceptors (Lipinski definition) is 2. The average molecular weight is 208 g/mol. The molecule has 1 aliphatic rings. The summed E-state index contributed by atoms with van der Waals surface area (Å²) in [5.74, 6) is 1.06. The van der Waals surface area contributed by atoms with Gasteiger partial charge < -0.3 is 5.11 Å². The van der Waals surface area contributed by atoms with Crippen molar-refractivity contribution in [2.45, 2.75) is 31.1 Å². The molecule has 1 fully saturated rings. The first-order valence-electron chi connectivity index (χ1n) is 5.04. The van der Waals surface area contributed by atoms with Gasteiger partial charge in [0.05, 0.1) is 0 Å². The Bertz CT molecular complexity index is 337. The molecule has 0 spiro atoms. The molecule has 1 nitrogen and oxygen atoms in total. The van der Waals surface area contributed by atoms with E-state index in [0.717, 1.165) is 17.7 Å². The van der Waals surface area contributed by atoms with Gasteiger partial charge in [-0.15, -0.1) is 0 Å². The highest BCUT2D eigenvalue weighted by molar-refractivity contribution is 8.00. The van der Waals surface area contributed by atoms with Gasteiger partial charge in [0.2, 0.25) is 0 Å². The van der Waals surface area contributed by atoms with E-state index in [0.29, 0.717) is 5.25 Å². The van der Waals surface area contributed by atoms with Gasteiger partial charge in [0, 0.05) is 5.25 Å². The van der Waals surface area contributed by atoms with Crippen molar-refractivity contribution < 1.29 is 5.11 Å². The van der Waals surface area contributed by atoms with Crippen molar-refractivity contribution in [1.29, 1.82) is 0 Å². The van der Waals surface area contributed by atoms with Crippen LogP contribution in [-0.2, 0) is 5.60 Å². The van der Waals surface area contributed by atoms with Crippen LogP contribution in [0.5, 0.6) is 0 Å². The van der Waals surface area contributed by atoms with E-state index in [2.05, 4.69) is 26.0 Å². The first kappa shape index (κ1) is 10.1. The lowest BCUT2D eigenvalue weighted by Gasteiger charge is -2.28.